The summed E-state index contributed by atoms with van der Waals surface area (Å²) in [5.74, 6) is -1.47. The van der Waals surface area contributed by atoms with E-state index in [1.807, 2.05) is 0 Å². The first-order chi connectivity index (χ1) is 19.2. The second kappa shape index (κ2) is 11.7. The van der Waals surface area contributed by atoms with Crippen molar-refractivity contribution in [2.75, 3.05) is 11.5 Å². The molecule has 3 aromatic carbocycles. The average Bonchev–Trinajstić information content (AvgIpc) is 2.96. The molecule has 10 heteroatoms. The molecule has 2 saturated heterocycles. The number of carbonyl (C=O) groups excluding carboxylic acids is 1. The van der Waals surface area contributed by atoms with Crippen LogP contribution in [0.3, 0.4) is 0 Å². The van der Waals surface area contributed by atoms with E-state index in [0.717, 1.165) is 5.56 Å². The predicted molar refractivity (Wildman–Crippen MR) is 140 cm³/mol. The number of amides is 1. The van der Waals surface area contributed by atoms with Gasteiger partial charge in [0.15, 0.2) is 0 Å². The van der Waals surface area contributed by atoms with E-state index in [-0.39, 0.29) is 12.3 Å². The molecule has 2 heterocycles. The quantitative estimate of drug-likeness (QED) is 0.270. The Bertz CT molecular complexity index is 1300. The van der Waals surface area contributed by atoms with Crippen LogP contribution in [-0.2, 0) is 9.53 Å². The lowest BCUT2D eigenvalue weighted by Gasteiger charge is -2.48. The monoisotopic (exact) mass is 555 g/mol. The first-order valence-corrected chi connectivity index (χ1v) is 13.1. The fraction of sp³-hybridized carbons (Fsp3) is 0.367. The number of aliphatic hydroxyl groups is 5. The van der Waals surface area contributed by atoms with Crippen LogP contribution in [0.5, 0.6) is 0 Å². The molecular formula is C30H31F2NO7. The van der Waals surface area contributed by atoms with Gasteiger partial charge in [0.05, 0.1) is 24.7 Å². The number of aliphatic hydroxyl groups excluding tert-OH is 5. The summed E-state index contributed by atoms with van der Waals surface area (Å²) in [6.45, 7) is -0.532. The van der Waals surface area contributed by atoms with Gasteiger partial charge in [0.2, 0.25) is 5.91 Å². The molecule has 0 bridgehead atoms. The third kappa shape index (κ3) is 5.38. The maximum atomic E-state index is 13.6. The third-order valence-corrected chi connectivity index (χ3v) is 7.82. The summed E-state index contributed by atoms with van der Waals surface area (Å²) in [5.41, 5.74) is 2.32. The summed E-state index contributed by atoms with van der Waals surface area (Å²) < 4.78 is 32.6. The number of anilines is 1. The molecule has 0 radical (unpaired) electrons. The largest absolute Gasteiger partial charge is 0.394 e. The Morgan fingerprint density at radius 2 is 1.38 bits per heavy atom. The zero-order valence-electron chi connectivity index (χ0n) is 21.4. The number of hydrogen-bond donors (Lipinski definition) is 5. The smallest absolute Gasteiger partial charge is 0.233 e. The van der Waals surface area contributed by atoms with Crippen LogP contribution in [0.15, 0.2) is 72.8 Å². The molecule has 0 aromatic heterocycles. The van der Waals surface area contributed by atoms with Gasteiger partial charge in [-0.1, -0.05) is 36.4 Å². The van der Waals surface area contributed by atoms with Crippen molar-refractivity contribution in [1.82, 2.24) is 0 Å². The van der Waals surface area contributed by atoms with Gasteiger partial charge in [-0.05, 0) is 65.9 Å². The van der Waals surface area contributed by atoms with Gasteiger partial charge in [0, 0.05) is 5.69 Å². The number of benzene rings is 3. The molecule has 5 rings (SSSR count). The molecule has 0 spiro atoms. The van der Waals surface area contributed by atoms with Gasteiger partial charge in [0.1, 0.15) is 42.2 Å². The van der Waals surface area contributed by atoms with E-state index >= 15 is 0 Å². The van der Waals surface area contributed by atoms with E-state index < -0.39 is 66.8 Å². The Morgan fingerprint density at radius 1 is 0.800 bits per heavy atom. The van der Waals surface area contributed by atoms with Crippen molar-refractivity contribution in [3.05, 3.63) is 101 Å². The molecule has 2 aliphatic heterocycles. The van der Waals surface area contributed by atoms with Crippen LogP contribution in [0.4, 0.5) is 14.5 Å². The van der Waals surface area contributed by atoms with Crippen molar-refractivity contribution in [2.45, 2.75) is 55.5 Å². The SMILES string of the molecule is O=C1C(CCC(O)c2ccc(C3OC(CO)C(O)C(O)C3O)cc2)C(c2ccc(F)cc2)N1c1ccc(F)cc1. The van der Waals surface area contributed by atoms with Gasteiger partial charge in [0.25, 0.3) is 0 Å². The van der Waals surface area contributed by atoms with Crippen LogP contribution in [0.2, 0.25) is 0 Å². The molecule has 5 N–H and O–H groups in total. The van der Waals surface area contributed by atoms with Gasteiger partial charge in [-0.2, -0.15) is 0 Å². The average molecular weight is 556 g/mol. The van der Waals surface area contributed by atoms with Crippen LogP contribution in [-0.4, -0.2) is 62.5 Å². The van der Waals surface area contributed by atoms with Gasteiger partial charge in [-0.3, -0.25) is 4.79 Å². The van der Waals surface area contributed by atoms with E-state index in [1.54, 1.807) is 41.3 Å². The molecule has 2 aliphatic rings. The number of rotatable bonds is 8. The molecule has 40 heavy (non-hydrogen) atoms. The van der Waals surface area contributed by atoms with Crippen LogP contribution < -0.4 is 4.90 Å². The summed E-state index contributed by atoms with van der Waals surface area (Å²) in [4.78, 5) is 14.7. The molecule has 8 unspecified atom stereocenters. The minimum atomic E-state index is -1.50. The molecule has 8 atom stereocenters. The van der Waals surface area contributed by atoms with Crippen molar-refractivity contribution < 1.29 is 43.8 Å². The Labute approximate surface area is 229 Å². The van der Waals surface area contributed by atoms with Crippen molar-refractivity contribution in [2.24, 2.45) is 5.92 Å². The van der Waals surface area contributed by atoms with Gasteiger partial charge in [-0.15, -0.1) is 0 Å². The van der Waals surface area contributed by atoms with Crippen molar-refractivity contribution in [1.29, 1.82) is 0 Å². The Kier molecular flexibility index (Phi) is 8.27. The van der Waals surface area contributed by atoms with Gasteiger partial charge >= 0.3 is 0 Å². The minimum Gasteiger partial charge on any atom is -0.394 e. The van der Waals surface area contributed by atoms with E-state index in [2.05, 4.69) is 0 Å². The first kappa shape index (κ1) is 28.3. The van der Waals surface area contributed by atoms with Crippen LogP contribution in [0.25, 0.3) is 0 Å². The molecule has 1 amide bonds. The molecule has 8 nitrogen and oxygen atoms in total. The number of halogens is 2. The zero-order chi connectivity index (χ0) is 28.6. The summed E-state index contributed by atoms with van der Waals surface area (Å²) in [7, 11) is 0. The maximum Gasteiger partial charge on any atom is 0.233 e. The second-order valence-electron chi connectivity index (χ2n) is 10.3. The molecule has 3 aromatic rings. The van der Waals surface area contributed by atoms with E-state index in [1.165, 1.54) is 36.4 Å². The number of carbonyl (C=O) groups is 1. The van der Waals surface area contributed by atoms with Crippen LogP contribution >= 0.6 is 0 Å². The fourth-order valence-electron chi connectivity index (χ4n) is 5.55. The zero-order valence-corrected chi connectivity index (χ0v) is 21.4. The molecule has 0 saturated carbocycles. The van der Waals surface area contributed by atoms with Crippen molar-refractivity contribution >= 4 is 11.6 Å². The summed E-state index contributed by atoms with van der Waals surface area (Å²) in [6, 6.07) is 17.6. The Hall–Kier alpha value is -3.25. The standard InChI is InChI=1S/C30H31F2NO7/c31-19-7-5-17(6-8-19)25-22(30(39)33(25)21-11-9-20(32)10-12-21)13-14-23(35)16-1-3-18(4-2-16)29-28(38)27(37)26(36)24(15-34)40-29/h1-12,22-29,34-38H,13-15H2. The Balaban J connectivity index is 1.28. The van der Waals surface area contributed by atoms with Crippen LogP contribution in [0.1, 0.15) is 47.8 Å². The van der Waals surface area contributed by atoms with E-state index in [0.29, 0.717) is 23.2 Å². The highest BCUT2D eigenvalue weighted by Crippen LogP contribution is 2.46. The number of nitrogens with zero attached hydrogens (tertiary/aromatic N) is 1. The summed E-state index contributed by atoms with van der Waals surface area (Å²) in [6.07, 6.45) is -6.69. The van der Waals surface area contributed by atoms with Gasteiger partial charge < -0.3 is 35.2 Å². The topological polar surface area (TPSA) is 131 Å². The highest BCUT2D eigenvalue weighted by molar-refractivity contribution is 6.03. The minimum absolute atomic E-state index is 0.175. The summed E-state index contributed by atoms with van der Waals surface area (Å²) in [5, 5.41) is 50.7. The molecule has 212 valence electrons. The predicted octanol–water partition coefficient (Wildman–Crippen LogP) is 2.70. The molecule has 2 fully saturated rings. The van der Waals surface area contributed by atoms with Gasteiger partial charge in [-0.25, -0.2) is 8.78 Å². The molecular weight excluding hydrogens is 524 g/mol. The molecule has 0 aliphatic carbocycles. The lowest BCUT2D eigenvalue weighted by molar-refractivity contribution is -0.231. The fourth-order valence-corrected chi connectivity index (χ4v) is 5.55. The maximum absolute atomic E-state index is 13.6. The van der Waals surface area contributed by atoms with Crippen LogP contribution in [0, 0.1) is 17.6 Å². The highest BCUT2D eigenvalue weighted by Gasteiger charge is 2.48. The van der Waals surface area contributed by atoms with E-state index in [9.17, 15) is 39.1 Å². The van der Waals surface area contributed by atoms with E-state index in [4.69, 9.17) is 4.74 Å². The second-order valence-corrected chi connectivity index (χ2v) is 10.3. The number of hydrogen-bond acceptors (Lipinski definition) is 7. The first-order valence-electron chi connectivity index (χ1n) is 13.1. The number of ether oxygens (including phenoxy) is 1. The lowest BCUT2D eigenvalue weighted by atomic mass is 9.78. The Morgan fingerprint density at radius 3 is 1.98 bits per heavy atom. The van der Waals surface area contributed by atoms with Crippen molar-refractivity contribution in [3.8, 4) is 0 Å². The highest BCUT2D eigenvalue weighted by atomic mass is 19.1. The number of β-lactam (4-membered cyclic amide) rings is 1. The normalized spacial score (nSPS) is 29.2. The lowest BCUT2D eigenvalue weighted by Crippen LogP contribution is -2.55. The summed E-state index contributed by atoms with van der Waals surface area (Å²) >= 11 is 0. The third-order valence-electron chi connectivity index (χ3n) is 7.82. The van der Waals surface area contributed by atoms with Crippen molar-refractivity contribution in [3.63, 3.8) is 0 Å².